The molecule has 92 valence electrons. The Morgan fingerprint density at radius 3 is 2.40 bits per heavy atom. The molecule has 0 heterocycles. The number of aliphatic hydroxyl groups excluding tert-OH is 1. The van der Waals surface area contributed by atoms with E-state index in [0.29, 0.717) is 18.9 Å². The van der Waals surface area contributed by atoms with Crippen LogP contribution >= 0.6 is 11.8 Å². The Bertz CT molecular complexity index is 164. The summed E-state index contributed by atoms with van der Waals surface area (Å²) in [5, 5.41) is 12.2. The van der Waals surface area contributed by atoms with Gasteiger partial charge < -0.3 is 10.4 Å². The minimum atomic E-state index is -4.15. The summed E-state index contributed by atoms with van der Waals surface area (Å²) in [7, 11) is 0. The number of alkyl halides is 3. The zero-order chi connectivity index (χ0) is 11.9. The third-order valence-corrected chi connectivity index (χ3v) is 2.40. The van der Waals surface area contributed by atoms with Gasteiger partial charge in [0.1, 0.15) is 0 Å². The minimum Gasteiger partial charge on any atom is -0.392 e. The largest absolute Gasteiger partial charge is 0.441 e. The van der Waals surface area contributed by atoms with Crippen LogP contribution in [0.25, 0.3) is 0 Å². The first-order valence-corrected chi connectivity index (χ1v) is 5.89. The first kappa shape index (κ1) is 15.1. The van der Waals surface area contributed by atoms with E-state index in [1.807, 2.05) is 13.8 Å². The number of rotatable bonds is 7. The van der Waals surface area contributed by atoms with Gasteiger partial charge >= 0.3 is 5.51 Å². The molecule has 6 heteroatoms. The summed E-state index contributed by atoms with van der Waals surface area (Å²) in [6.45, 7) is 4.60. The van der Waals surface area contributed by atoms with E-state index in [2.05, 4.69) is 5.32 Å². The van der Waals surface area contributed by atoms with E-state index in [-0.39, 0.29) is 24.1 Å². The molecule has 2 N–H and O–H groups in total. The maximum atomic E-state index is 11.7. The van der Waals surface area contributed by atoms with E-state index in [1.54, 1.807) is 0 Å². The fourth-order valence-corrected chi connectivity index (χ4v) is 1.61. The van der Waals surface area contributed by atoms with Gasteiger partial charge in [-0.15, -0.1) is 0 Å². The maximum Gasteiger partial charge on any atom is 0.441 e. The lowest BCUT2D eigenvalue weighted by Gasteiger charge is -2.13. The lowest BCUT2D eigenvalue weighted by atomic mass is 10.1. The molecular formula is C9H18F3NOS. The van der Waals surface area contributed by atoms with E-state index in [1.165, 1.54) is 0 Å². The van der Waals surface area contributed by atoms with Crippen molar-refractivity contribution in [2.45, 2.75) is 31.9 Å². The Balaban J connectivity index is 3.31. The molecule has 0 aliphatic rings. The van der Waals surface area contributed by atoms with Gasteiger partial charge in [-0.25, -0.2) is 0 Å². The van der Waals surface area contributed by atoms with Crippen molar-refractivity contribution in [3.63, 3.8) is 0 Å². The summed E-state index contributed by atoms with van der Waals surface area (Å²) in [6.07, 6.45) is 0.195. The third-order valence-electron chi connectivity index (χ3n) is 1.67. The standard InChI is InChI=1S/C9H18F3NOS/c1-7(2)5-8(14)6-13-3-4-15-9(10,11)12/h7-8,13-14H,3-6H2,1-2H3. The van der Waals surface area contributed by atoms with Crippen LogP contribution in [0, 0.1) is 5.92 Å². The van der Waals surface area contributed by atoms with Crippen molar-refractivity contribution >= 4 is 11.8 Å². The molecule has 2 nitrogen and oxygen atoms in total. The lowest BCUT2D eigenvalue weighted by molar-refractivity contribution is -0.0327. The van der Waals surface area contributed by atoms with Gasteiger partial charge in [0.2, 0.25) is 0 Å². The predicted molar refractivity (Wildman–Crippen MR) is 56.8 cm³/mol. The number of nitrogens with one attached hydrogen (secondary N) is 1. The van der Waals surface area contributed by atoms with Crippen molar-refractivity contribution < 1.29 is 18.3 Å². The van der Waals surface area contributed by atoms with Crippen LogP contribution in [0.4, 0.5) is 13.2 Å². The van der Waals surface area contributed by atoms with Gasteiger partial charge in [0, 0.05) is 18.8 Å². The Morgan fingerprint density at radius 2 is 1.93 bits per heavy atom. The second-order valence-electron chi connectivity index (χ2n) is 3.78. The zero-order valence-electron chi connectivity index (χ0n) is 8.97. The minimum absolute atomic E-state index is 0.0160. The smallest absolute Gasteiger partial charge is 0.392 e. The van der Waals surface area contributed by atoms with Crippen LogP contribution < -0.4 is 5.32 Å². The highest BCUT2D eigenvalue weighted by Gasteiger charge is 2.27. The summed E-state index contributed by atoms with van der Waals surface area (Å²) in [5.41, 5.74) is -4.15. The van der Waals surface area contributed by atoms with Crippen LogP contribution in [-0.2, 0) is 0 Å². The molecule has 0 amide bonds. The van der Waals surface area contributed by atoms with E-state index in [4.69, 9.17) is 0 Å². The number of hydrogen-bond donors (Lipinski definition) is 2. The summed E-state index contributed by atoms with van der Waals surface area (Å²) in [5.74, 6) is 0.379. The Morgan fingerprint density at radius 1 is 1.33 bits per heavy atom. The average Bonchev–Trinajstić information content (AvgIpc) is 1.99. The molecular weight excluding hydrogens is 227 g/mol. The quantitative estimate of drug-likeness (QED) is 0.675. The van der Waals surface area contributed by atoms with Crippen LogP contribution in [0.2, 0.25) is 0 Å². The SMILES string of the molecule is CC(C)CC(O)CNCCSC(F)(F)F. The predicted octanol–water partition coefficient (Wildman–Crippen LogP) is 2.24. The van der Waals surface area contributed by atoms with Gasteiger partial charge in [-0.3, -0.25) is 0 Å². The molecule has 1 atom stereocenters. The highest BCUT2D eigenvalue weighted by Crippen LogP contribution is 2.29. The van der Waals surface area contributed by atoms with Crippen LogP contribution in [0.5, 0.6) is 0 Å². The van der Waals surface area contributed by atoms with E-state index in [9.17, 15) is 18.3 Å². The Labute approximate surface area is 92.6 Å². The fraction of sp³-hybridized carbons (Fsp3) is 1.00. The first-order chi connectivity index (χ1) is 6.81. The van der Waals surface area contributed by atoms with E-state index >= 15 is 0 Å². The molecule has 1 unspecified atom stereocenters. The van der Waals surface area contributed by atoms with Crippen LogP contribution in [-0.4, -0.2) is 35.6 Å². The van der Waals surface area contributed by atoms with Crippen LogP contribution in [0.1, 0.15) is 20.3 Å². The lowest BCUT2D eigenvalue weighted by Crippen LogP contribution is -2.29. The molecule has 0 bridgehead atoms. The molecule has 0 rings (SSSR count). The van der Waals surface area contributed by atoms with Crippen molar-refractivity contribution in [3.05, 3.63) is 0 Å². The van der Waals surface area contributed by atoms with Gasteiger partial charge in [-0.05, 0) is 24.1 Å². The van der Waals surface area contributed by atoms with Gasteiger partial charge in [-0.2, -0.15) is 13.2 Å². The van der Waals surface area contributed by atoms with Crippen molar-refractivity contribution in [2.75, 3.05) is 18.8 Å². The molecule has 0 radical (unpaired) electrons. The van der Waals surface area contributed by atoms with Crippen LogP contribution in [0.3, 0.4) is 0 Å². The zero-order valence-corrected chi connectivity index (χ0v) is 9.79. The van der Waals surface area contributed by atoms with Gasteiger partial charge in [0.15, 0.2) is 0 Å². The molecule has 0 saturated heterocycles. The monoisotopic (exact) mass is 245 g/mol. The third kappa shape index (κ3) is 12.0. The topological polar surface area (TPSA) is 32.3 Å². The number of aliphatic hydroxyl groups is 1. The normalized spacial score (nSPS) is 14.6. The highest BCUT2D eigenvalue weighted by molar-refractivity contribution is 8.00. The molecule has 0 aliphatic carbocycles. The molecule has 0 spiro atoms. The average molecular weight is 245 g/mol. The molecule has 0 saturated carbocycles. The second-order valence-corrected chi connectivity index (χ2v) is 4.94. The molecule has 15 heavy (non-hydrogen) atoms. The highest BCUT2D eigenvalue weighted by atomic mass is 32.2. The van der Waals surface area contributed by atoms with Crippen molar-refractivity contribution in [2.24, 2.45) is 5.92 Å². The molecule has 0 aromatic heterocycles. The van der Waals surface area contributed by atoms with E-state index < -0.39 is 11.6 Å². The van der Waals surface area contributed by atoms with Gasteiger partial charge in [0.25, 0.3) is 0 Å². The first-order valence-electron chi connectivity index (χ1n) is 4.90. The van der Waals surface area contributed by atoms with Crippen LogP contribution in [0.15, 0.2) is 0 Å². The summed E-state index contributed by atoms with van der Waals surface area (Å²) in [4.78, 5) is 0. The van der Waals surface area contributed by atoms with Crippen molar-refractivity contribution in [1.29, 1.82) is 0 Å². The molecule has 0 fully saturated rings. The van der Waals surface area contributed by atoms with Crippen molar-refractivity contribution in [1.82, 2.24) is 5.32 Å². The number of hydrogen-bond acceptors (Lipinski definition) is 3. The second kappa shape index (κ2) is 7.35. The number of thioether (sulfide) groups is 1. The van der Waals surface area contributed by atoms with E-state index in [0.717, 1.165) is 0 Å². The molecule has 0 aliphatic heterocycles. The number of halogens is 3. The summed E-state index contributed by atoms with van der Waals surface area (Å²) >= 11 is -0.0450. The fourth-order valence-electron chi connectivity index (χ4n) is 1.14. The summed E-state index contributed by atoms with van der Waals surface area (Å²) in [6, 6.07) is 0. The molecule has 0 aromatic rings. The van der Waals surface area contributed by atoms with Gasteiger partial charge in [0.05, 0.1) is 6.10 Å². The summed E-state index contributed by atoms with van der Waals surface area (Å²) < 4.78 is 35.1. The van der Waals surface area contributed by atoms with Gasteiger partial charge in [-0.1, -0.05) is 13.8 Å². The van der Waals surface area contributed by atoms with Crippen molar-refractivity contribution in [3.8, 4) is 0 Å². The Hall–Kier alpha value is 0.0600. The Kier molecular flexibility index (Phi) is 7.38. The maximum absolute atomic E-state index is 11.7. The molecule has 0 aromatic carbocycles.